The fourth-order valence-electron chi connectivity index (χ4n) is 4.12. The minimum atomic E-state index is -0.243. The van der Waals surface area contributed by atoms with Crippen LogP contribution in [0.15, 0.2) is 124 Å². The molecule has 1 N–H and O–H groups in total. The topological polar surface area (TPSA) is 70.6 Å². The Balaban J connectivity index is 1.38. The average Bonchev–Trinajstić information content (AvgIpc) is 3.50. The molecule has 5 aromatic rings. The minimum Gasteiger partial charge on any atom is -0.497 e. The van der Waals surface area contributed by atoms with Crippen LogP contribution >= 0.6 is 11.8 Å². The lowest BCUT2D eigenvalue weighted by molar-refractivity contribution is -0.113. The second kappa shape index (κ2) is 9.79. The molecule has 0 aliphatic carbocycles. The lowest BCUT2D eigenvalue weighted by Gasteiger charge is -2.15. The van der Waals surface area contributed by atoms with E-state index in [0.717, 1.165) is 37.7 Å². The van der Waals surface area contributed by atoms with Gasteiger partial charge in [0, 0.05) is 15.4 Å². The zero-order valence-electron chi connectivity index (χ0n) is 20.0. The number of aromatic nitrogens is 2. The van der Waals surface area contributed by atoms with Gasteiger partial charge < -0.3 is 9.72 Å². The second-order valence-corrected chi connectivity index (χ2v) is 9.55. The molecular formula is C30H22N4O2S. The number of methoxy groups -OCH3 is 1. The fourth-order valence-corrected chi connectivity index (χ4v) is 5.00. The molecule has 1 aromatic heterocycles. The molecule has 37 heavy (non-hydrogen) atoms. The van der Waals surface area contributed by atoms with E-state index in [-0.39, 0.29) is 5.91 Å². The standard InChI is InChI=1S/C30H22N4O2S/c1-36-22-14-12-20(13-15-22)18-27-29(35)34(28(31-27)21-8-4-2-5-9-21)30-32-25-17-16-24(19-26(25)33-30)37-23-10-6-3-7-11-23/h2-19H,1H3,(H,32,33). The second-order valence-electron chi connectivity index (χ2n) is 8.40. The summed E-state index contributed by atoms with van der Waals surface area (Å²) in [5, 5.41) is 0. The molecule has 1 aliphatic rings. The molecule has 7 heteroatoms. The summed E-state index contributed by atoms with van der Waals surface area (Å²) in [6.07, 6.45) is 1.78. The first-order valence-corrected chi connectivity index (χ1v) is 12.6. The molecular weight excluding hydrogens is 480 g/mol. The molecule has 1 aliphatic heterocycles. The monoisotopic (exact) mass is 502 g/mol. The number of H-pyrrole nitrogens is 1. The number of aromatic amines is 1. The van der Waals surface area contributed by atoms with E-state index < -0.39 is 0 Å². The van der Waals surface area contributed by atoms with Crippen LogP contribution in [-0.2, 0) is 4.79 Å². The first kappa shape index (κ1) is 22.8. The summed E-state index contributed by atoms with van der Waals surface area (Å²) in [7, 11) is 1.62. The van der Waals surface area contributed by atoms with Crippen molar-refractivity contribution < 1.29 is 9.53 Å². The quantitative estimate of drug-likeness (QED) is 0.267. The SMILES string of the molecule is COc1ccc(C=C2N=C(c3ccccc3)N(c3nc4ccc(Sc5ccccc5)cc4[nH]3)C2=O)cc1. The zero-order valence-corrected chi connectivity index (χ0v) is 20.8. The summed E-state index contributed by atoms with van der Waals surface area (Å²) >= 11 is 1.68. The Hall–Kier alpha value is -4.62. The molecule has 6 nitrogen and oxygen atoms in total. The van der Waals surface area contributed by atoms with Crippen molar-refractivity contribution in [2.45, 2.75) is 9.79 Å². The predicted molar refractivity (Wildman–Crippen MR) is 148 cm³/mol. The summed E-state index contributed by atoms with van der Waals surface area (Å²) in [5.74, 6) is 1.47. The van der Waals surface area contributed by atoms with Crippen molar-refractivity contribution in [3.63, 3.8) is 0 Å². The van der Waals surface area contributed by atoms with Crippen molar-refractivity contribution in [1.82, 2.24) is 9.97 Å². The number of hydrogen-bond donors (Lipinski definition) is 1. The number of rotatable bonds is 6. The van der Waals surface area contributed by atoms with Crippen LogP contribution in [-0.4, -0.2) is 28.8 Å². The summed E-state index contributed by atoms with van der Waals surface area (Å²) in [4.78, 5) is 30.3. The molecule has 4 aromatic carbocycles. The summed E-state index contributed by atoms with van der Waals surface area (Å²) in [6.45, 7) is 0. The number of nitrogens with zero attached hydrogens (tertiary/aromatic N) is 3. The van der Waals surface area contributed by atoms with Gasteiger partial charge in [0.05, 0.1) is 18.1 Å². The largest absolute Gasteiger partial charge is 0.497 e. The van der Waals surface area contributed by atoms with Crippen molar-refractivity contribution in [3.8, 4) is 5.75 Å². The van der Waals surface area contributed by atoms with E-state index in [1.54, 1.807) is 29.8 Å². The van der Waals surface area contributed by atoms with Gasteiger partial charge in [0.2, 0.25) is 5.95 Å². The molecule has 2 heterocycles. The van der Waals surface area contributed by atoms with Crippen LogP contribution in [0.4, 0.5) is 5.95 Å². The van der Waals surface area contributed by atoms with Gasteiger partial charge in [0.1, 0.15) is 11.4 Å². The fraction of sp³-hybridized carbons (Fsp3) is 0.0333. The van der Waals surface area contributed by atoms with Crippen molar-refractivity contribution in [3.05, 3.63) is 120 Å². The predicted octanol–water partition coefficient (Wildman–Crippen LogP) is 6.56. The molecule has 0 bridgehead atoms. The highest BCUT2D eigenvalue weighted by Crippen LogP contribution is 2.32. The Morgan fingerprint density at radius 2 is 1.59 bits per heavy atom. The van der Waals surface area contributed by atoms with Gasteiger partial charge in [-0.1, -0.05) is 72.4 Å². The maximum Gasteiger partial charge on any atom is 0.285 e. The smallest absolute Gasteiger partial charge is 0.285 e. The van der Waals surface area contributed by atoms with Crippen molar-refractivity contribution in [2.24, 2.45) is 4.99 Å². The number of nitrogens with one attached hydrogen (secondary N) is 1. The van der Waals surface area contributed by atoms with Gasteiger partial charge in [-0.3, -0.25) is 4.79 Å². The number of amides is 1. The van der Waals surface area contributed by atoms with Crippen LogP contribution in [0.3, 0.4) is 0 Å². The minimum absolute atomic E-state index is 0.243. The van der Waals surface area contributed by atoms with Crippen LogP contribution in [0.2, 0.25) is 0 Å². The molecule has 0 saturated carbocycles. The van der Waals surface area contributed by atoms with Crippen molar-refractivity contribution in [1.29, 1.82) is 0 Å². The maximum absolute atomic E-state index is 13.7. The average molecular weight is 503 g/mol. The number of fused-ring (bicyclic) bond motifs is 1. The van der Waals surface area contributed by atoms with Gasteiger partial charge in [-0.2, -0.15) is 0 Å². The Kier molecular flexibility index (Phi) is 6.04. The Bertz CT molecular complexity index is 1640. The molecule has 1 amide bonds. The number of hydrogen-bond acceptors (Lipinski definition) is 5. The number of imidazole rings is 1. The summed E-state index contributed by atoms with van der Waals surface area (Å²) < 4.78 is 5.24. The van der Waals surface area contributed by atoms with E-state index in [1.165, 1.54) is 0 Å². The highest BCUT2D eigenvalue weighted by atomic mass is 32.2. The van der Waals surface area contributed by atoms with Gasteiger partial charge in [-0.25, -0.2) is 14.9 Å². The molecule has 0 unspecified atom stereocenters. The van der Waals surface area contributed by atoms with Crippen LogP contribution < -0.4 is 9.64 Å². The molecule has 0 atom stereocenters. The van der Waals surface area contributed by atoms with Gasteiger partial charge in [-0.05, 0) is 54.1 Å². The van der Waals surface area contributed by atoms with E-state index in [9.17, 15) is 4.79 Å². The van der Waals surface area contributed by atoms with Crippen molar-refractivity contribution >= 4 is 46.6 Å². The molecule has 0 spiro atoms. The Labute approximate surface area is 218 Å². The molecule has 0 saturated heterocycles. The van der Waals surface area contributed by atoms with E-state index >= 15 is 0 Å². The molecule has 0 radical (unpaired) electrons. The van der Waals surface area contributed by atoms with E-state index in [0.29, 0.717) is 17.5 Å². The van der Waals surface area contributed by atoms with Crippen LogP contribution in [0, 0.1) is 0 Å². The highest BCUT2D eigenvalue weighted by Gasteiger charge is 2.34. The van der Waals surface area contributed by atoms with E-state index in [1.807, 2.05) is 84.9 Å². The third-order valence-corrected chi connectivity index (χ3v) is 6.94. The van der Waals surface area contributed by atoms with Crippen LogP contribution in [0.25, 0.3) is 17.1 Å². The zero-order chi connectivity index (χ0) is 25.2. The first-order chi connectivity index (χ1) is 18.2. The number of amidine groups is 1. The number of carbonyl (C=O) groups excluding carboxylic acids is 1. The first-order valence-electron chi connectivity index (χ1n) is 11.7. The molecule has 180 valence electrons. The van der Waals surface area contributed by atoms with Crippen molar-refractivity contribution in [2.75, 3.05) is 12.0 Å². The number of aliphatic imine (C=N–C) groups is 1. The lowest BCUT2D eigenvalue weighted by Crippen LogP contribution is -2.33. The maximum atomic E-state index is 13.7. The van der Waals surface area contributed by atoms with Gasteiger partial charge in [0.15, 0.2) is 5.84 Å². The number of anilines is 1. The molecule has 0 fully saturated rings. The van der Waals surface area contributed by atoms with E-state index in [4.69, 9.17) is 14.7 Å². The third-order valence-electron chi connectivity index (χ3n) is 5.94. The lowest BCUT2D eigenvalue weighted by atomic mass is 10.2. The Morgan fingerprint density at radius 3 is 2.32 bits per heavy atom. The summed E-state index contributed by atoms with van der Waals surface area (Å²) in [6, 6.07) is 33.4. The summed E-state index contributed by atoms with van der Waals surface area (Å²) in [5.41, 5.74) is 3.65. The van der Waals surface area contributed by atoms with Crippen LogP contribution in [0.5, 0.6) is 5.75 Å². The van der Waals surface area contributed by atoms with E-state index in [2.05, 4.69) is 23.2 Å². The van der Waals surface area contributed by atoms with Crippen LogP contribution in [0.1, 0.15) is 11.1 Å². The number of carbonyl (C=O) groups is 1. The van der Waals surface area contributed by atoms with Gasteiger partial charge >= 0.3 is 0 Å². The van der Waals surface area contributed by atoms with Gasteiger partial charge in [-0.15, -0.1) is 0 Å². The molecule has 6 rings (SSSR count). The number of benzene rings is 4. The third kappa shape index (κ3) is 4.64. The number of ether oxygens (including phenoxy) is 1. The highest BCUT2D eigenvalue weighted by molar-refractivity contribution is 7.99. The normalized spacial score (nSPS) is 14.4. The Morgan fingerprint density at radius 1 is 0.865 bits per heavy atom. The van der Waals surface area contributed by atoms with Gasteiger partial charge in [0.25, 0.3) is 5.91 Å².